The molecule has 2 aliphatic heterocycles. The zero-order valence-corrected chi connectivity index (χ0v) is 22.1. The number of hydrogen-bond acceptors (Lipinski definition) is 6. The van der Waals surface area contributed by atoms with Gasteiger partial charge in [-0.1, -0.05) is 17.7 Å². The van der Waals surface area contributed by atoms with E-state index in [0.717, 1.165) is 35.6 Å². The minimum atomic E-state index is -0.994. The van der Waals surface area contributed by atoms with Crippen molar-refractivity contribution < 1.29 is 28.2 Å². The molecule has 1 N–H and O–H groups in total. The average Bonchev–Trinajstić information content (AvgIpc) is 3.50. The SMILES string of the molecule is O=C(O)c1ccc2nc(CN3CC=C(c4cc(COc5ccc(Cl)cc5F)ncc4F)C3)n(C[C@@H]3CCO3)c2c1. The lowest BCUT2D eigenvalue weighted by molar-refractivity contribution is -0.0591. The lowest BCUT2D eigenvalue weighted by Gasteiger charge is -2.28. The molecule has 40 heavy (non-hydrogen) atoms. The molecule has 4 heterocycles. The van der Waals surface area contributed by atoms with E-state index in [4.69, 9.17) is 26.1 Å². The second-order valence-electron chi connectivity index (χ2n) is 9.85. The molecule has 8 nitrogen and oxygen atoms in total. The molecule has 0 spiro atoms. The lowest BCUT2D eigenvalue weighted by Crippen LogP contribution is -2.32. The third-order valence-corrected chi connectivity index (χ3v) is 7.37. The number of pyridine rings is 1. The van der Waals surface area contributed by atoms with Gasteiger partial charge in [-0.05, 0) is 54.5 Å². The molecule has 2 aromatic carbocycles. The van der Waals surface area contributed by atoms with E-state index in [1.165, 1.54) is 12.1 Å². The largest absolute Gasteiger partial charge is 0.484 e. The Morgan fingerprint density at radius 1 is 1.18 bits per heavy atom. The van der Waals surface area contributed by atoms with Gasteiger partial charge in [0.05, 0.1) is 47.7 Å². The molecule has 6 rings (SSSR count). The van der Waals surface area contributed by atoms with Crippen LogP contribution in [0.2, 0.25) is 5.02 Å². The van der Waals surface area contributed by atoms with E-state index in [1.807, 2.05) is 10.6 Å². The van der Waals surface area contributed by atoms with Crippen molar-refractivity contribution in [3.63, 3.8) is 0 Å². The molecule has 0 radical (unpaired) electrons. The summed E-state index contributed by atoms with van der Waals surface area (Å²) < 4.78 is 42.1. The van der Waals surface area contributed by atoms with E-state index in [-0.39, 0.29) is 29.0 Å². The summed E-state index contributed by atoms with van der Waals surface area (Å²) in [6, 6.07) is 10.7. The van der Waals surface area contributed by atoms with Gasteiger partial charge in [0.15, 0.2) is 11.6 Å². The molecule has 2 aliphatic rings. The second kappa shape index (κ2) is 11.0. The predicted molar refractivity (Wildman–Crippen MR) is 144 cm³/mol. The summed E-state index contributed by atoms with van der Waals surface area (Å²) in [6.07, 6.45) is 4.11. The zero-order chi connectivity index (χ0) is 27.8. The molecule has 206 valence electrons. The molecule has 0 saturated carbocycles. The number of benzene rings is 2. The zero-order valence-electron chi connectivity index (χ0n) is 21.3. The fraction of sp³-hybridized carbons (Fsp3) is 0.276. The van der Waals surface area contributed by atoms with Gasteiger partial charge in [-0.15, -0.1) is 0 Å². The molecule has 0 unspecified atom stereocenters. The van der Waals surface area contributed by atoms with Crippen molar-refractivity contribution in [3.8, 4) is 5.75 Å². The summed E-state index contributed by atoms with van der Waals surface area (Å²) >= 11 is 5.79. The van der Waals surface area contributed by atoms with Crippen LogP contribution in [0, 0.1) is 11.6 Å². The van der Waals surface area contributed by atoms with Crippen LogP contribution in [0.4, 0.5) is 8.78 Å². The quantitative estimate of drug-likeness (QED) is 0.293. The van der Waals surface area contributed by atoms with Crippen LogP contribution in [0.1, 0.15) is 33.9 Å². The first kappa shape index (κ1) is 26.4. The van der Waals surface area contributed by atoms with Crippen LogP contribution in [0.5, 0.6) is 5.75 Å². The summed E-state index contributed by atoms with van der Waals surface area (Å²) in [4.78, 5) is 22.6. The normalized spacial score (nSPS) is 17.2. The molecule has 0 aliphatic carbocycles. The van der Waals surface area contributed by atoms with E-state index in [9.17, 15) is 18.7 Å². The monoisotopic (exact) mass is 566 g/mol. The number of ether oxygens (including phenoxy) is 2. The Morgan fingerprint density at radius 2 is 2.02 bits per heavy atom. The van der Waals surface area contributed by atoms with Crippen LogP contribution in [0.3, 0.4) is 0 Å². The number of fused-ring (bicyclic) bond motifs is 1. The number of carboxylic acids is 1. The Morgan fingerprint density at radius 3 is 2.77 bits per heavy atom. The summed E-state index contributed by atoms with van der Waals surface area (Å²) in [5.74, 6) is -1.21. The van der Waals surface area contributed by atoms with Crippen molar-refractivity contribution in [3.05, 3.63) is 94.0 Å². The maximum absolute atomic E-state index is 14.8. The van der Waals surface area contributed by atoms with Crippen LogP contribution in [0.25, 0.3) is 16.6 Å². The average molecular weight is 567 g/mol. The molecular formula is C29H25ClF2N4O4. The first-order valence-corrected chi connectivity index (χ1v) is 13.2. The highest BCUT2D eigenvalue weighted by atomic mass is 35.5. The molecule has 0 bridgehead atoms. The number of aromatic nitrogens is 3. The van der Waals surface area contributed by atoms with Gasteiger partial charge in [0, 0.05) is 30.3 Å². The van der Waals surface area contributed by atoms with Crippen LogP contribution in [0.15, 0.2) is 54.7 Å². The van der Waals surface area contributed by atoms with Gasteiger partial charge in [-0.3, -0.25) is 9.88 Å². The second-order valence-corrected chi connectivity index (χ2v) is 10.3. The lowest BCUT2D eigenvalue weighted by atomic mass is 10.1. The highest BCUT2D eigenvalue weighted by Crippen LogP contribution is 2.28. The number of hydrogen-bond donors (Lipinski definition) is 1. The highest BCUT2D eigenvalue weighted by Gasteiger charge is 2.25. The van der Waals surface area contributed by atoms with Crippen LogP contribution >= 0.6 is 11.6 Å². The number of carboxylic acid groups (broad SMARTS) is 1. The molecule has 2 aromatic heterocycles. The van der Waals surface area contributed by atoms with Gasteiger partial charge in [-0.25, -0.2) is 18.6 Å². The van der Waals surface area contributed by atoms with E-state index >= 15 is 0 Å². The first-order chi connectivity index (χ1) is 19.3. The Hall–Kier alpha value is -3.86. The number of rotatable bonds is 9. The van der Waals surface area contributed by atoms with Gasteiger partial charge >= 0.3 is 5.97 Å². The smallest absolute Gasteiger partial charge is 0.335 e. The maximum atomic E-state index is 14.8. The Balaban J connectivity index is 1.18. The van der Waals surface area contributed by atoms with Crippen molar-refractivity contribution in [2.24, 2.45) is 0 Å². The van der Waals surface area contributed by atoms with Crippen molar-refractivity contribution in [1.29, 1.82) is 0 Å². The van der Waals surface area contributed by atoms with E-state index in [2.05, 4.69) is 9.88 Å². The fourth-order valence-corrected chi connectivity index (χ4v) is 5.10. The molecule has 1 fully saturated rings. The van der Waals surface area contributed by atoms with Gasteiger partial charge in [-0.2, -0.15) is 0 Å². The Bertz CT molecular complexity index is 1640. The summed E-state index contributed by atoms with van der Waals surface area (Å²) in [5.41, 5.74) is 3.34. The molecule has 1 saturated heterocycles. The molecule has 4 aromatic rings. The Kier molecular flexibility index (Phi) is 7.22. The number of nitrogens with zero attached hydrogens (tertiary/aromatic N) is 4. The minimum absolute atomic E-state index is 0.0333. The van der Waals surface area contributed by atoms with Crippen molar-refractivity contribution in [1.82, 2.24) is 19.4 Å². The number of aromatic carboxylic acids is 1. The van der Waals surface area contributed by atoms with Crippen LogP contribution in [-0.4, -0.2) is 56.3 Å². The summed E-state index contributed by atoms with van der Waals surface area (Å²) in [7, 11) is 0. The molecule has 1 atom stereocenters. The van der Waals surface area contributed by atoms with Gasteiger partial charge in [0.1, 0.15) is 18.2 Å². The number of imidazole rings is 1. The molecular weight excluding hydrogens is 542 g/mol. The van der Waals surface area contributed by atoms with Gasteiger partial charge in [0.25, 0.3) is 0 Å². The standard InChI is InChI=1S/C29H25ClF2N4O4/c30-19-2-4-27(23(31)10-19)40-16-20-11-22(24(32)12-33-20)18-5-7-35(13-18)15-28-34-25-3-1-17(29(37)38)9-26(25)36(28)14-21-6-8-39-21/h1-5,9-12,21H,6-8,13-16H2,(H,37,38)/t21-/m0/s1. The fourth-order valence-electron chi connectivity index (χ4n) is 4.94. The minimum Gasteiger partial charge on any atom is -0.484 e. The molecule has 0 amide bonds. The molecule has 11 heteroatoms. The van der Waals surface area contributed by atoms with E-state index in [0.29, 0.717) is 49.6 Å². The number of halogens is 3. The van der Waals surface area contributed by atoms with E-state index < -0.39 is 17.6 Å². The highest BCUT2D eigenvalue weighted by molar-refractivity contribution is 6.30. The van der Waals surface area contributed by atoms with Crippen molar-refractivity contribution >= 4 is 34.2 Å². The topological polar surface area (TPSA) is 89.7 Å². The van der Waals surface area contributed by atoms with Gasteiger partial charge < -0.3 is 19.1 Å². The van der Waals surface area contributed by atoms with Crippen molar-refractivity contribution in [2.75, 3.05) is 19.7 Å². The number of carbonyl (C=O) groups is 1. The summed E-state index contributed by atoms with van der Waals surface area (Å²) in [5, 5.41) is 9.74. The van der Waals surface area contributed by atoms with E-state index in [1.54, 1.807) is 24.3 Å². The van der Waals surface area contributed by atoms with Crippen molar-refractivity contribution in [2.45, 2.75) is 32.2 Å². The Labute approximate surface area is 233 Å². The van der Waals surface area contributed by atoms with Crippen LogP contribution < -0.4 is 4.74 Å². The first-order valence-electron chi connectivity index (χ1n) is 12.8. The third-order valence-electron chi connectivity index (χ3n) is 7.14. The third kappa shape index (κ3) is 5.42. The maximum Gasteiger partial charge on any atom is 0.335 e. The predicted octanol–water partition coefficient (Wildman–Crippen LogP) is 5.33. The van der Waals surface area contributed by atoms with Crippen LogP contribution in [-0.2, 0) is 24.4 Å². The summed E-state index contributed by atoms with van der Waals surface area (Å²) in [6.45, 7) is 2.82. The van der Waals surface area contributed by atoms with Gasteiger partial charge in [0.2, 0.25) is 0 Å².